The van der Waals surface area contributed by atoms with E-state index in [0.717, 1.165) is 31.0 Å². The summed E-state index contributed by atoms with van der Waals surface area (Å²) in [7, 11) is 0. The van der Waals surface area contributed by atoms with Crippen molar-refractivity contribution < 1.29 is 5.11 Å². The fourth-order valence-corrected chi connectivity index (χ4v) is 2.76. The van der Waals surface area contributed by atoms with E-state index in [2.05, 4.69) is 20.2 Å². The van der Waals surface area contributed by atoms with Crippen LogP contribution in [-0.2, 0) is 6.54 Å². The Balaban J connectivity index is 0.00000176. The lowest BCUT2D eigenvalue weighted by Gasteiger charge is -2.36. The van der Waals surface area contributed by atoms with Crippen LogP contribution in [0.5, 0.6) is 5.75 Å². The highest BCUT2D eigenvalue weighted by Crippen LogP contribution is 2.25. The Morgan fingerprint density at radius 1 is 1.27 bits per heavy atom. The van der Waals surface area contributed by atoms with Crippen LogP contribution >= 0.6 is 12.4 Å². The minimum Gasteiger partial charge on any atom is -0.506 e. The van der Waals surface area contributed by atoms with Crippen molar-refractivity contribution in [1.82, 2.24) is 20.2 Å². The molecule has 2 N–H and O–H groups in total. The van der Waals surface area contributed by atoms with E-state index in [0.29, 0.717) is 6.54 Å². The highest BCUT2D eigenvalue weighted by Gasteiger charge is 2.24. The van der Waals surface area contributed by atoms with Crippen molar-refractivity contribution in [3.63, 3.8) is 0 Å². The smallest absolute Gasteiger partial charge is 0.138 e. The molecular weight excluding hydrogens is 300 g/mol. The van der Waals surface area contributed by atoms with Gasteiger partial charge in [0, 0.05) is 50.3 Å². The second kappa shape index (κ2) is 7.54. The predicted octanol–water partition coefficient (Wildman–Crippen LogP) is 2.06. The molecule has 3 heterocycles. The van der Waals surface area contributed by atoms with Gasteiger partial charge in [-0.1, -0.05) is 0 Å². The standard InChI is InChI=1S/C16H20N4O.ClH/c1-12-2-3-16(21)14(19-12)11-20-9-8-18-10-15(20)13-4-6-17-7-5-13;/h2-7,15,18,21H,8-11H2,1H3;1H. The number of nitrogens with zero attached hydrogens (tertiary/aromatic N) is 3. The van der Waals surface area contributed by atoms with Crippen molar-refractivity contribution in [1.29, 1.82) is 0 Å². The summed E-state index contributed by atoms with van der Waals surface area (Å²) in [6.45, 7) is 5.38. The van der Waals surface area contributed by atoms with E-state index >= 15 is 0 Å². The van der Waals surface area contributed by atoms with E-state index in [1.165, 1.54) is 5.56 Å². The molecule has 118 valence electrons. The van der Waals surface area contributed by atoms with Gasteiger partial charge in [0.15, 0.2) is 0 Å². The van der Waals surface area contributed by atoms with Crippen LogP contribution in [0.1, 0.15) is 23.0 Å². The van der Waals surface area contributed by atoms with Crippen molar-refractivity contribution in [2.45, 2.75) is 19.5 Å². The number of hydrogen-bond acceptors (Lipinski definition) is 5. The van der Waals surface area contributed by atoms with Gasteiger partial charge in [0.25, 0.3) is 0 Å². The zero-order chi connectivity index (χ0) is 14.7. The number of halogens is 1. The number of aromatic hydroxyl groups is 1. The van der Waals surface area contributed by atoms with Crippen molar-refractivity contribution in [2.75, 3.05) is 19.6 Å². The molecule has 0 amide bonds. The molecule has 6 heteroatoms. The molecule has 1 unspecified atom stereocenters. The second-order valence-corrected chi connectivity index (χ2v) is 5.39. The van der Waals surface area contributed by atoms with Gasteiger partial charge in [0.1, 0.15) is 5.75 Å². The molecule has 1 saturated heterocycles. The third-order valence-corrected chi connectivity index (χ3v) is 3.89. The van der Waals surface area contributed by atoms with Gasteiger partial charge in [-0.15, -0.1) is 12.4 Å². The number of rotatable bonds is 3. The summed E-state index contributed by atoms with van der Waals surface area (Å²) < 4.78 is 0. The maximum Gasteiger partial charge on any atom is 0.138 e. The molecular formula is C16H21ClN4O. The number of hydrogen-bond donors (Lipinski definition) is 2. The van der Waals surface area contributed by atoms with Gasteiger partial charge < -0.3 is 10.4 Å². The predicted molar refractivity (Wildman–Crippen MR) is 88.1 cm³/mol. The molecule has 5 nitrogen and oxygen atoms in total. The van der Waals surface area contributed by atoms with Crippen LogP contribution < -0.4 is 5.32 Å². The number of nitrogens with one attached hydrogen (secondary N) is 1. The normalized spacial score (nSPS) is 18.7. The Kier molecular flexibility index (Phi) is 5.71. The maximum absolute atomic E-state index is 10.0. The summed E-state index contributed by atoms with van der Waals surface area (Å²) in [4.78, 5) is 10.9. The molecule has 0 aliphatic carbocycles. The van der Waals surface area contributed by atoms with Gasteiger partial charge >= 0.3 is 0 Å². The fraction of sp³-hybridized carbons (Fsp3) is 0.375. The lowest BCUT2D eigenvalue weighted by atomic mass is 10.0. The molecule has 2 aromatic heterocycles. The summed E-state index contributed by atoms with van der Waals surface area (Å²) >= 11 is 0. The average Bonchev–Trinajstić information content (AvgIpc) is 2.52. The molecule has 1 aliphatic heterocycles. The van der Waals surface area contributed by atoms with Gasteiger partial charge in [0.05, 0.1) is 5.69 Å². The van der Waals surface area contributed by atoms with E-state index in [4.69, 9.17) is 0 Å². The Morgan fingerprint density at radius 3 is 2.82 bits per heavy atom. The largest absolute Gasteiger partial charge is 0.506 e. The Bertz CT molecular complexity index is 608. The molecule has 2 aromatic rings. The van der Waals surface area contributed by atoms with Crippen molar-refractivity contribution >= 4 is 12.4 Å². The second-order valence-electron chi connectivity index (χ2n) is 5.39. The molecule has 0 saturated carbocycles. The van der Waals surface area contributed by atoms with Crippen LogP contribution in [0.3, 0.4) is 0 Å². The highest BCUT2D eigenvalue weighted by molar-refractivity contribution is 5.85. The SMILES string of the molecule is Cc1ccc(O)c(CN2CCNCC2c2ccncc2)n1.Cl. The molecule has 0 bridgehead atoms. The average molecular weight is 321 g/mol. The first-order valence-corrected chi connectivity index (χ1v) is 7.24. The summed E-state index contributed by atoms with van der Waals surface area (Å²) in [6, 6.07) is 7.93. The molecule has 1 fully saturated rings. The number of piperazine rings is 1. The third-order valence-electron chi connectivity index (χ3n) is 3.89. The molecule has 1 aliphatic rings. The van der Waals surface area contributed by atoms with Crippen molar-refractivity contribution in [2.24, 2.45) is 0 Å². The van der Waals surface area contributed by atoms with Gasteiger partial charge in [-0.05, 0) is 36.8 Å². The molecule has 0 radical (unpaired) electrons. The minimum atomic E-state index is 0. The van der Waals surface area contributed by atoms with Gasteiger partial charge in [-0.2, -0.15) is 0 Å². The third kappa shape index (κ3) is 3.74. The Morgan fingerprint density at radius 2 is 2.05 bits per heavy atom. The first-order valence-electron chi connectivity index (χ1n) is 7.24. The zero-order valence-corrected chi connectivity index (χ0v) is 13.4. The highest BCUT2D eigenvalue weighted by atomic mass is 35.5. The van der Waals surface area contributed by atoms with Crippen LogP contribution in [0.25, 0.3) is 0 Å². The minimum absolute atomic E-state index is 0. The zero-order valence-electron chi connectivity index (χ0n) is 12.6. The quantitative estimate of drug-likeness (QED) is 0.906. The summed E-state index contributed by atoms with van der Waals surface area (Å²) in [5.74, 6) is 0.271. The van der Waals surface area contributed by atoms with Gasteiger partial charge in [-0.3, -0.25) is 14.9 Å². The van der Waals surface area contributed by atoms with Crippen LogP contribution in [0.15, 0.2) is 36.7 Å². The van der Waals surface area contributed by atoms with E-state index in [9.17, 15) is 5.11 Å². The molecule has 3 rings (SSSR count). The Hall–Kier alpha value is -1.69. The fourth-order valence-electron chi connectivity index (χ4n) is 2.76. The van der Waals surface area contributed by atoms with Crippen LogP contribution in [0.2, 0.25) is 0 Å². The van der Waals surface area contributed by atoms with Gasteiger partial charge in [0.2, 0.25) is 0 Å². The monoisotopic (exact) mass is 320 g/mol. The van der Waals surface area contributed by atoms with Crippen LogP contribution in [0.4, 0.5) is 0 Å². The topological polar surface area (TPSA) is 61.3 Å². The number of aromatic nitrogens is 2. The van der Waals surface area contributed by atoms with E-state index in [1.807, 2.05) is 37.5 Å². The van der Waals surface area contributed by atoms with Gasteiger partial charge in [-0.25, -0.2) is 0 Å². The lowest BCUT2D eigenvalue weighted by Crippen LogP contribution is -2.45. The number of aryl methyl sites for hydroxylation is 1. The summed E-state index contributed by atoms with van der Waals surface area (Å²) in [5, 5.41) is 13.4. The lowest BCUT2D eigenvalue weighted by molar-refractivity contribution is 0.150. The van der Waals surface area contributed by atoms with Crippen LogP contribution in [-0.4, -0.2) is 39.6 Å². The molecule has 0 spiro atoms. The van der Waals surface area contributed by atoms with Crippen molar-refractivity contribution in [3.8, 4) is 5.75 Å². The molecule has 1 atom stereocenters. The maximum atomic E-state index is 10.0. The van der Waals surface area contributed by atoms with Crippen LogP contribution in [0, 0.1) is 6.92 Å². The summed E-state index contributed by atoms with van der Waals surface area (Å²) in [6.07, 6.45) is 3.65. The first kappa shape index (κ1) is 16.7. The first-order chi connectivity index (χ1) is 10.2. The van der Waals surface area contributed by atoms with E-state index in [-0.39, 0.29) is 24.2 Å². The molecule has 0 aromatic carbocycles. The van der Waals surface area contributed by atoms with E-state index in [1.54, 1.807) is 6.07 Å². The molecule has 22 heavy (non-hydrogen) atoms. The van der Waals surface area contributed by atoms with E-state index < -0.39 is 0 Å². The van der Waals surface area contributed by atoms with Crippen molar-refractivity contribution in [3.05, 3.63) is 53.6 Å². The number of pyridine rings is 2. The Labute approximate surface area is 136 Å². The summed E-state index contributed by atoms with van der Waals surface area (Å²) in [5.41, 5.74) is 2.92.